The van der Waals surface area contributed by atoms with E-state index >= 15 is 0 Å². The monoisotopic (exact) mass is 458 g/mol. The minimum Gasteiger partial charge on any atom is -0.463 e. The number of ketones is 1. The van der Waals surface area contributed by atoms with E-state index in [-0.39, 0.29) is 28.5 Å². The summed E-state index contributed by atoms with van der Waals surface area (Å²) < 4.78 is 12.5. The van der Waals surface area contributed by atoms with E-state index < -0.39 is 5.60 Å². The highest BCUT2D eigenvalue weighted by Crippen LogP contribution is 2.80. The Hall–Kier alpha value is -0.900. The molecule has 5 aliphatic rings. The van der Waals surface area contributed by atoms with E-state index in [4.69, 9.17) is 9.47 Å². The minimum atomic E-state index is -0.522. The summed E-state index contributed by atoms with van der Waals surface area (Å²) >= 11 is 0. The Bertz CT molecular complexity index is 820. The molecule has 0 aromatic heterocycles. The lowest BCUT2D eigenvalue weighted by molar-refractivity contribution is -0.160. The van der Waals surface area contributed by atoms with Gasteiger partial charge in [-0.2, -0.15) is 0 Å². The molecule has 5 fully saturated rings. The van der Waals surface area contributed by atoms with Gasteiger partial charge in [0.25, 0.3) is 0 Å². The lowest BCUT2D eigenvalue weighted by atomic mass is 9.44. The normalized spacial score (nSPS) is 49.0. The molecule has 4 aliphatic carbocycles. The van der Waals surface area contributed by atoms with Crippen LogP contribution in [0.1, 0.15) is 112 Å². The fourth-order valence-corrected chi connectivity index (χ4v) is 9.78. The molecule has 0 aromatic carbocycles. The first kappa shape index (κ1) is 23.8. The van der Waals surface area contributed by atoms with Crippen molar-refractivity contribution in [2.45, 2.75) is 129 Å². The van der Waals surface area contributed by atoms with Crippen molar-refractivity contribution in [3.05, 3.63) is 0 Å². The lowest BCUT2D eigenvalue weighted by Crippen LogP contribution is -2.62. The molecule has 1 saturated heterocycles. The zero-order chi connectivity index (χ0) is 23.8. The molecule has 1 heterocycles. The highest BCUT2D eigenvalue weighted by atomic mass is 16.6. The number of carbonyl (C=O) groups is 2. The second kappa shape index (κ2) is 7.80. The van der Waals surface area contributed by atoms with Gasteiger partial charge in [0.2, 0.25) is 0 Å². The number of esters is 1. The number of hydrogen-bond acceptors (Lipinski definition) is 4. The topological polar surface area (TPSA) is 55.9 Å². The molecule has 2 spiro atoms. The average Bonchev–Trinajstić information content (AvgIpc) is 3.32. The molecule has 33 heavy (non-hydrogen) atoms. The number of carbonyl (C=O) groups excluding carboxylic acids is 2. The molecular formula is C29H46O4. The highest BCUT2D eigenvalue weighted by molar-refractivity contribution is 5.94. The summed E-state index contributed by atoms with van der Waals surface area (Å²) in [7, 11) is 0. The Morgan fingerprint density at radius 1 is 1.09 bits per heavy atom. The largest absolute Gasteiger partial charge is 0.463 e. The summed E-state index contributed by atoms with van der Waals surface area (Å²) in [6.07, 6.45) is 11.9. The van der Waals surface area contributed by atoms with Crippen LogP contribution in [-0.4, -0.2) is 29.1 Å². The molecular weight excluding hydrogens is 412 g/mol. The van der Waals surface area contributed by atoms with Crippen LogP contribution in [0.25, 0.3) is 0 Å². The number of fused-ring (bicyclic) bond motifs is 2. The van der Waals surface area contributed by atoms with Crippen molar-refractivity contribution in [1.29, 1.82) is 0 Å². The van der Waals surface area contributed by atoms with Crippen molar-refractivity contribution in [3.63, 3.8) is 0 Å². The van der Waals surface area contributed by atoms with E-state index in [9.17, 15) is 9.59 Å². The lowest BCUT2D eigenvalue weighted by Gasteiger charge is -2.57. The Morgan fingerprint density at radius 2 is 1.85 bits per heavy atom. The van der Waals surface area contributed by atoms with Crippen molar-refractivity contribution in [2.24, 2.45) is 40.4 Å². The van der Waals surface area contributed by atoms with E-state index in [1.165, 1.54) is 39.0 Å². The standard InChI is InChI=1S/C29H46O4/c1-18(2)8-7-9-19(3)23-11-15-28-27(23,6)14-12-24-26(5)13-10-22(32-20(4)30)16-21(26)17-25(31)29(24,28)33-28/h18-19,21-24H,7-17H2,1-6H3/t19-,21-,22+,23-,24-,26+,27-,28?,29-/m1/s1. The Balaban J connectivity index is 1.37. The molecule has 0 radical (unpaired) electrons. The molecule has 0 N–H and O–H groups in total. The number of epoxide rings is 1. The molecule has 186 valence electrons. The van der Waals surface area contributed by atoms with Crippen LogP contribution >= 0.6 is 0 Å². The fraction of sp³-hybridized carbons (Fsp3) is 0.931. The smallest absolute Gasteiger partial charge is 0.302 e. The van der Waals surface area contributed by atoms with Gasteiger partial charge >= 0.3 is 5.97 Å². The summed E-state index contributed by atoms with van der Waals surface area (Å²) in [4.78, 5) is 25.4. The molecule has 1 unspecified atom stereocenters. The first-order valence-electron chi connectivity index (χ1n) is 13.9. The second-order valence-electron chi connectivity index (χ2n) is 13.5. The van der Waals surface area contributed by atoms with E-state index in [2.05, 4.69) is 34.6 Å². The number of hydrogen-bond donors (Lipinski definition) is 0. The van der Waals surface area contributed by atoms with Gasteiger partial charge < -0.3 is 9.47 Å². The maximum atomic E-state index is 13.9. The van der Waals surface area contributed by atoms with Crippen molar-refractivity contribution in [1.82, 2.24) is 0 Å². The number of rotatable bonds is 6. The van der Waals surface area contributed by atoms with Gasteiger partial charge in [0.15, 0.2) is 11.4 Å². The van der Waals surface area contributed by atoms with Crippen molar-refractivity contribution in [2.75, 3.05) is 0 Å². The van der Waals surface area contributed by atoms with Crippen LogP contribution in [0.15, 0.2) is 0 Å². The zero-order valence-electron chi connectivity index (χ0n) is 21.9. The minimum absolute atomic E-state index is 0.0205. The van der Waals surface area contributed by atoms with Gasteiger partial charge in [-0.1, -0.05) is 53.9 Å². The average molecular weight is 459 g/mol. The van der Waals surface area contributed by atoms with E-state index in [0.29, 0.717) is 35.9 Å². The first-order chi connectivity index (χ1) is 15.5. The molecule has 5 rings (SSSR count). The summed E-state index contributed by atoms with van der Waals surface area (Å²) in [6.45, 7) is 13.5. The third kappa shape index (κ3) is 3.17. The molecule has 4 nitrogen and oxygen atoms in total. The zero-order valence-corrected chi connectivity index (χ0v) is 21.9. The van der Waals surface area contributed by atoms with Gasteiger partial charge in [-0.05, 0) is 74.0 Å². The van der Waals surface area contributed by atoms with Crippen LogP contribution in [0.2, 0.25) is 0 Å². The molecule has 4 heteroatoms. The number of ether oxygens (including phenoxy) is 2. The van der Waals surface area contributed by atoms with E-state index in [0.717, 1.165) is 38.0 Å². The number of Topliss-reactive ketones (excluding diaryl/α,β-unsaturated/α-hetero) is 1. The van der Waals surface area contributed by atoms with Crippen molar-refractivity contribution >= 4 is 11.8 Å². The van der Waals surface area contributed by atoms with Crippen LogP contribution in [0.4, 0.5) is 0 Å². The summed E-state index contributed by atoms with van der Waals surface area (Å²) in [5.41, 5.74) is -0.478. The van der Waals surface area contributed by atoms with Crippen LogP contribution in [0, 0.1) is 40.4 Å². The predicted molar refractivity (Wildman–Crippen MR) is 129 cm³/mol. The van der Waals surface area contributed by atoms with Crippen LogP contribution in [0.3, 0.4) is 0 Å². The fourth-order valence-electron chi connectivity index (χ4n) is 9.78. The maximum absolute atomic E-state index is 13.9. The first-order valence-corrected chi connectivity index (χ1v) is 13.9. The second-order valence-corrected chi connectivity index (χ2v) is 13.5. The maximum Gasteiger partial charge on any atom is 0.302 e. The Labute approximate surface area is 200 Å². The summed E-state index contributed by atoms with van der Waals surface area (Å²) in [5, 5.41) is 0. The van der Waals surface area contributed by atoms with Crippen LogP contribution in [0.5, 0.6) is 0 Å². The third-order valence-electron chi connectivity index (χ3n) is 11.5. The SMILES string of the molecule is CC(=O)O[C@H]1CC[C@@]2(C)[C@@H](CC(=O)[C@@]34OC35CC[C@H]([C@H](C)CCCC(C)C)[C@@]5(C)CC[C@H]24)C1. The van der Waals surface area contributed by atoms with Gasteiger partial charge in [0, 0.05) is 24.7 Å². The summed E-state index contributed by atoms with van der Waals surface area (Å²) in [6, 6.07) is 0. The van der Waals surface area contributed by atoms with Gasteiger partial charge in [-0.25, -0.2) is 0 Å². The molecule has 0 amide bonds. The van der Waals surface area contributed by atoms with Crippen LogP contribution < -0.4 is 0 Å². The Kier molecular flexibility index (Phi) is 5.63. The third-order valence-corrected chi connectivity index (χ3v) is 11.5. The Morgan fingerprint density at radius 3 is 2.55 bits per heavy atom. The van der Waals surface area contributed by atoms with E-state index in [1.807, 2.05) is 0 Å². The summed E-state index contributed by atoms with van der Waals surface area (Å²) in [5.74, 6) is 2.97. The highest BCUT2D eigenvalue weighted by Gasteiger charge is 2.89. The van der Waals surface area contributed by atoms with Crippen LogP contribution in [-0.2, 0) is 19.1 Å². The molecule has 9 atom stereocenters. The molecule has 1 aliphatic heterocycles. The van der Waals surface area contributed by atoms with Gasteiger partial charge in [-0.3, -0.25) is 9.59 Å². The predicted octanol–water partition coefficient (Wildman–Crippen LogP) is 6.49. The van der Waals surface area contributed by atoms with Gasteiger partial charge in [-0.15, -0.1) is 0 Å². The molecule has 4 saturated carbocycles. The molecule has 0 bridgehead atoms. The van der Waals surface area contributed by atoms with Gasteiger partial charge in [0.05, 0.1) is 0 Å². The van der Waals surface area contributed by atoms with Gasteiger partial charge in [0.1, 0.15) is 11.7 Å². The molecule has 0 aromatic rings. The van der Waals surface area contributed by atoms with Crippen molar-refractivity contribution in [3.8, 4) is 0 Å². The van der Waals surface area contributed by atoms with Crippen molar-refractivity contribution < 1.29 is 19.1 Å². The van der Waals surface area contributed by atoms with E-state index in [1.54, 1.807) is 0 Å². The quantitative estimate of drug-likeness (QED) is 0.337.